The first-order valence-corrected chi connectivity index (χ1v) is 8.35. The van der Waals surface area contributed by atoms with Crippen molar-refractivity contribution in [3.63, 3.8) is 0 Å². The number of amides is 2. The van der Waals surface area contributed by atoms with Gasteiger partial charge in [0.15, 0.2) is 0 Å². The van der Waals surface area contributed by atoms with Crippen LogP contribution in [0.3, 0.4) is 0 Å². The molecule has 1 heterocycles. The Balaban J connectivity index is 1.67. The minimum absolute atomic E-state index is 0.0617. The Morgan fingerprint density at radius 3 is 2.75 bits per heavy atom. The smallest absolute Gasteiger partial charge is 0.319 e. The maximum atomic E-state index is 12.3. The van der Waals surface area contributed by atoms with Crippen molar-refractivity contribution in [1.29, 1.82) is 0 Å². The quantitative estimate of drug-likeness (QED) is 0.844. The van der Waals surface area contributed by atoms with Crippen molar-refractivity contribution in [3.05, 3.63) is 48.1 Å². The molecule has 6 nitrogen and oxygen atoms in total. The van der Waals surface area contributed by atoms with Crippen LogP contribution < -0.4 is 10.6 Å². The molecule has 0 fully saturated rings. The lowest BCUT2D eigenvalue weighted by Crippen LogP contribution is -2.37. The number of carbonyl (C=O) groups excluding carboxylic acids is 1. The number of urea groups is 1. The first-order valence-electron chi connectivity index (χ1n) is 8.35. The summed E-state index contributed by atoms with van der Waals surface area (Å²) in [5.74, 6) is 0. The van der Waals surface area contributed by atoms with E-state index in [-0.39, 0.29) is 12.1 Å². The number of nitrogens with zero attached hydrogens (tertiary/aromatic N) is 3. The molecule has 2 aromatic rings. The molecule has 0 saturated carbocycles. The second-order valence-corrected chi connectivity index (χ2v) is 6.21. The van der Waals surface area contributed by atoms with Crippen LogP contribution in [-0.2, 0) is 0 Å². The van der Waals surface area contributed by atoms with Crippen molar-refractivity contribution in [2.45, 2.75) is 45.6 Å². The fourth-order valence-electron chi connectivity index (χ4n) is 2.94. The molecule has 0 radical (unpaired) electrons. The number of aromatic nitrogens is 3. The van der Waals surface area contributed by atoms with Crippen molar-refractivity contribution in [2.75, 3.05) is 5.32 Å². The number of allylic oxidation sites excluding steroid dienone is 1. The van der Waals surface area contributed by atoms with Gasteiger partial charge in [-0.25, -0.2) is 4.79 Å². The molecule has 1 aliphatic carbocycles. The number of benzene rings is 1. The van der Waals surface area contributed by atoms with E-state index in [1.165, 1.54) is 18.4 Å². The number of hydrogen-bond donors (Lipinski definition) is 2. The van der Waals surface area contributed by atoms with Crippen LogP contribution in [0, 0.1) is 6.92 Å². The average Bonchev–Trinajstić information content (AvgIpc) is 3.12. The zero-order valence-electron chi connectivity index (χ0n) is 14.1. The van der Waals surface area contributed by atoms with E-state index >= 15 is 0 Å². The van der Waals surface area contributed by atoms with Gasteiger partial charge in [-0.3, -0.25) is 4.57 Å². The number of hydrogen-bond acceptors (Lipinski definition) is 3. The third kappa shape index (κ3) is 3.82. The standard InChI is InChI=1S/C18H23N5O/c1-13-8-9-16(23-11-19-20-12-23)10-17(13)22-18(24)21-14(2)15-6-4-3-5-7-15/h6,8-12,14H,3-5,7H2,1-2H3,(H2,21,22,24)/t14-/m1/s1. The zero-order valence-corrected chi connectivity index (χ0v) is 14.1. The maximum Gasteiger partial charge on any atom is 0.319 e. The Morgan fingerprint density at radius 2 is 2.04 bits per heavy atom. The highest BCUT2D eigenvalue weighted by molar-refractivity contribution is 5.90. The summed E-state index contributed by atoms with van der Waals surface area (Å²) in [4.78, 5) is 12.3. The molecular weight excluding hydrogens is 302 g/mol. The van der Waals surface area contributed by atoms with Gasteiger partial charge >= 0.3 is 6.03 Å². The first kappa shape index (κ1) is 16.2. The second-order valence-electron chi connectivity index (χ2n) is 6.21. The molecule has 24 heavy (non-hydrogen) atoms. The molecule has 0 unspecified atom stereocenters. The minimum Gasteiger partial charge on any atom is -0.332 e. The highest BCUT2D eigenvalue weighted by Crippen LogP contribution is 2.21. The largest absolute Gasteiger partial charge is 0.332 e. The lowest BCUT2D eigenvalue weighted by Gasteiger charge is -2.21. The van der Waals surface area contributed by atoms with Gasteiger partial charge in [-0.15, -0.1) is 10.2 Å². The molecule has 1 aliphatic rings. The van der Waals surface area contributed by atoms with Crippen LogP contribution in [0.2, 0.25) is 0 Å². The highest BCUT2D eigenvalue weighted by atomic mass is 16.2. The molecule has 0 spiro atoms. The van der Waals surface area contributed by atoms with Gasteiger partial charge in [0.25, 0.3) is 0 Å². The van der Waals surface area contributed by atoms with Gasteiger partial charge in [0, 0.05) is 11.7 Å². The van der Waals surface area contributed by atoms with Crippen LogP contribution in [0.5, 0.6) is 0 Å². The summed E-state index contributed by atoms with van der Waals surface area (Å²) in [6, 6.07) is 5.74. The Morgan fingerprint density at radius 1 is 1.25 bits per heavy atom. The number of anilines is 1. The normalized spacial score (nSPS) is 15.5. The highest BCUT2D eigenvalue weighted by Gasteiger charge is 2.14. The molecule has 0 saturated heterocycles. The molecule has 0 bridgehead atoms. The van der Waals surface area contributed by atoms with Gasteiger partial charge in [-0.2, -0.15) is 0 Å². The van der Waals surface area contributed by atoms with Gasteiger partial charge in [-0.05, 0) is 57.2 Å². The van der Waals surface area contributed by atoms with Crippen molar-refractivity contribution in [3.8, 4) is 5.69 Å². The van der Waals surface area contributed by atoms with E-state index in [1.807, 2.05) is 32.0 Å². The van der Waals surface area contributed by atoms with E-state index in [4.69, 9.17) is 0 Å². The summed E-state index contributed by atoms with van der Waals surface area (Å²) in [6.07, 6.45) is 10.2. The lowest BCUT2D eigenvalue weighted by molar-refractivity contribution is 0.250. The molecule has 6 heteroatoms. The summed E-state index contributed by atoms with van der Waals surface area (Å²) in [6.45, 7) is 4.01. The summed E-state index contributed by atoms with van der Waals surface area (Å²) in [5, 5.41) is 13.6. The summed E-state index contributed by atoms with van der Waals surface area (Å²) in [7, 11) is 0. The van der Waals surface area contributed by atoms with Crippen LogP contribution in [0.15, 0.2) is 42.5 Å². The van der Waals surface area contributed by atoms with Crippen LogP contribution in [0.25, 0.3) is 5.69 Å². The number of nitrogens with one attached hydrogen (secondary N) is 2. The first-order chi connectivity index (χ1) is 11.6. The molecular formula is C18H23N5O. The second kappa shape index (κ2) is 7.29. The van der Waals surface area contributed by atoms with Gasteiger partial charge < -0.3 is 10.6 Å². The summed E-state index contributed by atoms with van der Waals surface area (Å²) in [5.41, 5.74) is 4.02. The average molecular weight is 325 g/mol. The SMILES string of the molecule is Cc1ccc(-n2cnnc2)cc1NC(=O)N[C@H](C)C1=CCCCC1. The summed E-state index contributed by atoms with van der Waals surface area (Å²) < 4.78 is 1.80. The zero-order chi connectivity index (χ0) is 16.9. The van der Waals surface area contributed by atoms with E-state index in [0.717, 1.165) is 29.8 Å². The minimum atomic E-state index is -0.182. The molecule has 2 N–H and O–H groups in total. The third-order valence-corrected chi connectivity index (χ3v) is 4.42. The Kier molecular flexibility index (Phi) is 4.93. The molecule has 1 aromatic heterocycles. The Bertz CT molecular complexity index is 736. The van der Waals surface area contributed by atoms with Crippen molar-refractivity contribution < 1.29 is 4.79 Å². The van der Waals surface area contributed by atoms with E-state index in [2.05, 4.69) is 26.9 Å². The summed E-state index contributed by atoms with van der Waals surface area (Å²) >= 11 is 0. The molecule has 0 aliphatic heterocycles. The predicted molar refractivity (Wildman–Crippen MR) is 94.3 cm³/mol. The van der Waals surface area contributed by atoms with Crippen molar-refractivity contribution in [2.24, 2.45) is 0 Å². The third-order valence-electron chi connectivity index (χ3n) is 4.42. The predicted octanol–water partition coefficient (Wildman–Crippen LogP) is 3.59. The van der Waals surface area contributed by atoms with E-state index < -0.39 is 0 Å². The molecule has 2 amide bonds. The number of carbonyl (C=O) groups is 1. The van der Waals surface area contributed by atoms with Gasteiger partial charge in [0.2, 0.25) is 0 Å². The number of aryl methyl sites for hydroxylation is 1. The van der Waals surface area contributed by atoms with Gasteiger partial charge in [0.1, 0.15) is 12.7 Å². The van der Waals surface area contributed by atoms with E-state index in [9.17, 15) is 4.79 Å². The van der Waals surface area contributed by atoms with Gasteiger partial charge in [-0.1, -0.05) is 17.7 Å². The maximum absolute atomic E-state index is 12.3. The molecule has 1 atom stereocenters. The fraction of sp³-hybridized carbons (Fsp3) is 0.389. The van der Waals surface area contributed by atoms with E-state index in [1.54, 1.807) is 17.2 Å². The van der Waals surface area contributed by atoms with Crippen molar-refractivity contribution in [1.82, 2.24) is 20.1 Å². The monoisotopic (exact) mass is 325 g/mol. The molecule has 1 aromatic carbocycles. The topological polar surface area (TPSA) is 71.8 Å². The van der Waals surface area contributed by atoms with Gasteiger partial charge in [0.05, 0.1) is 5.69 Å². The lowest BCUT2D eigenvalue weighted by atomic mass is 9.95. The van der Waals surface area contributed by atoms with Crippen LogP contribution in [0.1, 0.15) is 38.2 Å². The van der Waals surface area contributed by atoms with Crippen LogP contribution in [-0.4, -0.2) is 26.8 Å². The molecule has 3 rings (SSSR count). The Labute approximate surface area is 142 Å². The van der Waals surface area contributed by atoms with Crippen LogP contribution in [0.4, 0.5) is 10.5 Å². The Hall–Kier alpha value is -2.63. The van der Waals surface area contributed by atoms with Crippen LogP contribution >= 0.6 is 0 Å². The van der Waals surface area contributed by atoms with E-state index in [0.29, 0.717) is 0 Å². The van der Waals surface area contributed by atoms with Crippen molar-refractivity contribution >= 4 is 11.7 Å². The molecule has 126 valence electrons. The fourth-order valence-corrected chi connectivity index (χ4v) is 2.94. The number of rotatable bonds is 4.